The van der Waals surface area contributed by atoms with Crippen LogP contribution in [0, 0.1) is 0 Å². The molecule has 1 amide bonds. The number of carbonyl (C=O) groups is 1. The Labute approximate surface area is 201 Å². The van der Waals surface area contributed by atoms with E-state index in [1.165, 1.54) is 32.7 Å². The molecule has 1 aliphatic rings. The highest BCUT2D eigenvalue weighted by molar-refractivity contribution is 7.99. The fourth-order valence-electron chi connectivity index (χ4n) is 4.02. The van der Waals surface area contributed by atoms with Crippen LogP contribution >= 0.6 is 23.1 Å². The third kappa shape index (κ3) is 3.55. The van der Waals surface area contributed by atoms with Crippen LogP contribution in [0.3, 0.4) is 0 Å². The molecule has 0 fully saturated rings. The summed E-state index contributed by atoms with van der Waals surface area (Å²) in [6, 6.07) is 14.7. The molecule has 1 atom stereocenters. The van der Waals surface area contributed by atoms with Gasteiger partial charge in [0, 0.05) is 18.9 Å². The predicted octanol–water partition coefficient (Wildman–Crippen LogP) is 4.80. The van der Waals surface area contributed by atoms with Crippen LogP contribution in [0.2, 0.25) is 0 Å². The van der Waals surface area contributed by atoms with Gasteiger partial charge in [-0.25, -0.2) is 9.99 Å². The van der Waals surface area contributed by atoms with E-state index in [1.54, 1.807) is 25.4 Å². The van der Waals surface area contributed by atoms with Gasteiger partial charge in [0.2, 0.25) is 0 Å². The number of amides is 1. The van der Waals surface area contributed by atoms with E-state index < -0.39 is 0 Å². The average molecular weight is 491 g/mol. The molecule has 1 aromatic carbocycles. The van der Waals surface area contributed by atoms with E-state index in [2.05, 4.69) is 10.1 Å². The minimum atomic E-state index is -0.372. The summed E-state index contributed by atoms with van der Waals surface area (Å²) in [6.07, 6.45) is 2.06. The monoisotopic (exact) mass is 490 g/mol. The Kier molecular flexibility index (Phi) is 5.11. The molecule has 1 unspecified atom stereocenters. The van der Waals surface area contributed by atoms with Crippen molar-refractivity contribution in [1.29, 1.82) is 0 Å². The van der Waals surface area contributed by atoms with Crippen LogP contribution in [0.15, 0.2) is 84.1 Å². The zero-order valence-electron chi connectivity index (χ0n) is 18.0. The van der Waals surface area contributed by atoms with Gasteiger partial charge in [-0.3, -0.25) is 14.2 Å². The molecule has 4 aromatic heterocycles. The summed E-state index contributed by atoms with van der Waals surface area (Å²) in [4.78, 5) is 31.1. The minimum absolute atomic E-state index is 0.0747. The Hall–Kier alpha value is -3.63. The van der Waals surface area contributed by atoms with Crippen molar-refractivity contribution in [3.05, 3.63) is 82.0 Å². The van der Waals surface area contributed by atoms with Crippen LogP contribution in [-0.4, -0.2) is 31.9 Å². The largest absolute Gasteiger partial charge is 0.467 e. The molecule has 1 aliphatic heterocycles. The van der Waals surface area contributed by atoms with Gasteiger partial charge in [0.1, 0.15) is 27.9 Å². The number of fused-ring (bicyclic) bond motifs is 2. The van der Waals surface area contributed by atoms with Gasteiger partial charge in [-0.1, -0.05) is 30.0 Å². The van der Waals surface area contributed by atoms with Crippen LogP contribution in [0.4, 0.5) is 0 Å². The smallest absolute Gasteiger partial charge is 0.262 e. The van der Waals surface area contributed by atoms with Crippen molar-refractivity contribution in [3.63, 3.8) is 0 Å². The molecule has 6 rings (SSSR count). The van der Waals surface area contributed by atoms with E-state index in [-0.39, 0.29) is 23.3 Å². The molecule has 0 N–H and O–H groups in total. The molecule has 10 heteroatoms. The summed E-state index contributed by atoms with van der Waals surface area (Å²) in [5, 5.41) is 9.98. The topological polar surface area (TPSA) is 93.8 Å². The zero-order valence-corrected chi connectivity index (χ0v) is 19.6. The Morgan fingerprint density at radius 1 is 1.24 bits per heavy atom. The fraction of sp³-hybridized carbons (Fsp3) is 0.167. The van der Waals surface area contributed by atoms with Crippen LogP contribution in [0.1, 0.15) is 24.0 Å². The van der Waals surface area contributed by atoms with Gasteiger partial charge in [0.05, 0.1) is 17.4 Å². The number of thioether (sulfide) groups is 1. The van der Waals surface area contributed by atoms with Crippen LogP contribution in [0.25, 0.3) is 21.2 Å². The summed E-state index contributed by atoms with van der Waals surface area (Å²) in [6.45, 7) is 0. The minimum Gasteiger partial charge on any atom is -0.467 e. The number of nitrogens with zero attached hydrogens (tertiary/aromatic N) is 4. The lowest BCUT2D eigenvalue weighted by atomic mass is 10.1. The number of furan rings is 2. The maximum absolute atomic E-state index is 13.3. The highest BCUT2D eigenvalue weighted by Gasteiger charge is 2.36. The Morgan fingerprint density at radius 3 is 2.94 bits per heavy atom. The molecular weight excluding hydrogens is 472 g/mol. The van der Waals surface area contributed by atoms with Crippen molar-refractivity contribution < 1.29 is 13.6 Å². The number of rotatable bonds is 5. The maximum atomic E-state index is 13.3. The quantitative estimate of drug-likeness (QED) is 0.259. The second-order valence-electron chi connectivity index (χ2n) is 7.86. The zero-order chi connectivity index (χ0) is 23.2. The Bertz CT molecular complexity index is 1580. The second-order valence-corrected chi connectivity index (χ2v) is 9.69. The number of hydrogen-bond donors (Lipinski definition) is 0. The number of hydrogen-bond acceptors (Lipinski definition) is 8. The predicted molar refractivity (Wildman–Crippen MR) is 131 cm³/mol. The van der Waals surface area contributed by atoms with Gasteiger partial charge < -0.3 is 8.83 Å². The normalized spacial score (nSPS) is 16.0. The molecule has 170 valence electrons. The first-order valence-electron chi connectivity index (χ1n) is 10.6. The number of para-hydroxylation sites is 1. The number of carbonyl (C=O) groups excluding carboxylic acids is 1. The number of thiophene rings is 1. The number of aromatic nitrogens is 2. The van der Waals surface area contributed by atoms with Crippen molar-refractivity contribution in [1.82, 2.24) is 14.6 Å². The van der Waals surface area contributed by atoms with E-state index >= 15 is 0 Å². The highest BCUT2D eigenvalue weighted by atomic mass is 32.2. The van der Waals surface area contributed by atoms with E-state index in [9.17, 15) is 9.59 Å². The van der Waals surface area contributed by atoms with E-state index in [0.717, 1.165) is 11.0 Å². The first-order valence-corrected chi connectivity index (χ1v) is 12.4. The molecule has 8 nitrogen and oxygen atoms in total. The standard InChI is InChI=1S/C24H18N4O4S2/c1-27-23(30)15-8-10-33-22(15)25-24(27)34-13-21(29)28-17(19-7-4-9-31-19)12-16(26-28)20-11-14-5-2-3-6-18(14)32-20/h2-11,17H,12-13H2,1H3. The van der Waals surface area contributed by atoms with Crippen molar-refractivity contribution in [2.45, 2.75) is 17.6 Å². The van der Waals surface area contributed by atoms with Crippen molar-refractivity contribution in [2.24, 2.45) is 12.1 Å². The third-order valence-electron chi connectivity index (χ3n) is 5.74. The van der Waals surface area contributed by atoms with Crippen molar-refractivity contribution >= 4 is 55.9 Å². The van der Waals surface area contributed by atoms with Gasteiger partial charge >= 0.3 is 0 Å². The maximum Gasteiger partial charge on any atom is 0.262 e. The van der Waals surface area contributed by atoms with E-state index in [1.807, 2.05) is 41.8 Å². The molecule has 0 saturated carbocycles. The van der Waals surface area contributed by atoms with Crippen LogP contribution in [0.5, 0.6) is 0 Å². The lowest BCUT2D eigenvalue weighted by Gasteiger charge is -2.19. The third-order valence-corrected chi connectivity index (χ3v) is 7.56. The van der Waals surface area contributed by atoms with Gasteiger partial charge in [0.15, 0.2) is 10.9 Å². The number of benzene rings is 1. The molecular formula is C24H18N4O4S2. The van der Waals surface area contributed by atoms with E-state index in [0.29, 0.717) is 39.0 Å². The second kappa shape index (κ2) is 8.30. The lowest BCUT2D eigenvalue weighted by Crippen LogP contribution is -2.29. The van der Waals surface area contributed by atoms with Crippen LogP contribution < -0.4 is 5.56 Å². The molecule has 34 heavy (non-hydrogen) atoms. The van der Waals surface area contributed by atoms with E-state index in [4.69, 9.17) is 8.83 Å². The molecule has 5 heterocycles. The van der Waals surface area contributed by atoms with Gasteiger partial charge in [-0.15, -0.1) is 11.3 Å². The molecule has 0 bridgehead atoms. The summed E-state index contributed by atoms with van der Waals surface area (Å²) < 4.78 is 13.1. The molecule has 5 aromatic rings. The first kappa shape index (κ1) is 20.9. The summed E-state index contributed by atoms with van der Waals surface area (Å²) in [5.74, 6) is 1.15. The van der Waals surface area contributed by atoms with Gasteiger partial charge in [0.25, 0.3) is 11.5 Å². The summed E-state index contributed by atoms with van der Waals surface area (Å²) in [7, 11) is 1.67. The summed E-state index contributed by atoms with van der Waals surface area (Å²) in [5.41, 5.74) is 1.33. The van der Waals surface area contributed by atoms with Crippen molar-refractivity contribution in [2.75, 3.05) is 5.75 Å². The first-order chi connectivity index (χ1) is 16.6. The number of hydrazone groups is 1. The SMILES string of the molecule is Cn1c(SCC(=O)N2N=C(c3cc4ccccc4o3)CC2c2ccco2)nc2sccc2c1=O. The van der Waals surface area contributed by atoms with Crippen LogP contribution in [-0.2, 0) is 11.8 Å². The molecule has 0 saturated heterocycles. The Morgan fingerprint density at radius 2 is 2.12 bits per heavy atom. The average Bonchev–Trinajstić information content (AvgIpc) is 3.64. The molecule has 0 aliphatic carbocycles. The van der Waals surface area contributed by atoms with Crippen molar-refractivity contribution in [3.8, 4) is 0 Å². The van der Waals surface area contributed by atoms with Gasteiger partial charge in [-0.2, -0.15) is 5.10 Å². The molecule has 0 spiro atoms. The fourth-order valence-corrected chi connectivity index (χ4v) is 5.65. The highest BCUT2D eigenvalue weighted by Crippen LogP contribution is 2.35. The molecule has 0 radical (unpaired) electrons. The Balaban J connectivity index is 1.29. The van der Waals surface area contributed by atoms with Gasteiger partial charge in [-0.05, 0) is 35.7 Å². The lowest BCUT2D eigenvalue weighted by molar-refractivity contribution is -0.130. The summed E-state index contributed by atoms with van der Waals surface area (Å²) >= 11 is 2.62.